The highest BCUT2D eigenvalue weighted by atomic mass is 32.2. The van der Waals surface area contributed by atoms with Gasteiger partial charge in [0, 0.05) is 12.3 Å². The fourth-order valence-electron chi connectivity index (χ4n) is 4.12. The Hall–Kier alpha value is -1.16. The molecule has 2 saturated heterocycles. The predicted octanol–water partition coefficient (Wildman–Crippen LogP) is 3.16. The Morgan fingerprint density at radius 1 is 1.09 bits per heavy atom. The van der Waals surface area contributed by atoms with E-state index in [4.69, 9.17) is 0 Å². The number of fused-ring (bicyclic) bond motifs is 2. The Kier molecular flexibility index (Phi) is 4.15. The lowest BCUT2D eigenvalue weighted by Gasteiger charge is -2.38. The Morgan fingerprint density at radius 2 is 1.64 bits per heavy atom. The van der Waals surface area contributed by atoms with Gasteiger partial charge in [0.05, 0.1) is 10.5 Å². The van der Waals surface area contributed by atoms with E-state index >= 15 is 0 Å². The second kappa shape index (κ2) is 5.80. The molecule has 2 fully saturated rings. The maximum atomic E-state index is 12.7. The SMILES string of the molecule is Cc1cccc(C)c1CC(=O)C1CC2CCCC(C1)S2(=O)=O. The first kappa shape index (κ1) is 15.7. The van der Waals surface area contributed by atoms with Gasteiger partial charge in [-0.3, -0.25) is 4.79 Å². The van der Waals surface area contributed by atoms with Crippen LogP contribution in [0, 0.1) is 19.8 Å². The molecule has 0 aromatic heterocycles. The van der Waals surface area contributed by atoms with Gasteiger partial charge in [-0.1, -0.05) is 24.6 Å². The van der Waals surface area contributed by atoms with Crippen LogP contribution in [0.4, 0.5) is 0 Å². The summed E-state index contributed by atoms with van der Waals surface area (Å²) in [6, 6.07) is 6.08. The third-order valence-electron chi connectivity index (χ3n) is 5.53. The fourth-order valence-corrected chi connectivity index (χ4v) is 6.65. The van der Waals surface area contributed by atoms with E-state index in [-0.39, 0.29) is 22.2 Å². The summed E-state index contributed by atoms with van der Waals surface area (Å²) < 4.78 is 24.6. The molecule has 0 N–H and O–H groups in total. The molecule has 120 valence electrons. The first-order valence-corrected chi connectivity index (χ1v) is 9.81. The molecule has 3 nitrogen and oxygen atoms in total. The molecule has 2 heterocycles. The minimum Gasteiger partial charge on any atom is -0.299 e. The van der Waals surface area contributed by atoms with E-state index in [1.54, 1.807) is 0 Å². The molecule has 0 amide bonds. The number of sulfone groups is 1. The largest absolute Gasteiger partial charge is 0.299 e. The third-order valence-corrected chi connectivity index (χ3v) is 8.24. The quantitative estimate of drug-likeness (QED) is 0.859. The first-order chi connectivity index (χ1) is 10.4. The van der Waals surface area contributed by atoms with Crippen molar-refractivity contribution < 1.29 is 13.2 Å². The number of aryl methyl sites for hydroxylation is 2. The predicted molar refractivity (Wildman–Crippen MR) is 87.7 cm³/mol. The molecule has 2 bridgehead atoms. The van der Waals surface area contributed by atoms with Crippen LogP contribution in [-0.2, 0) is 21.1 Å². The number of Topliss-reactive ketones (excluding diaryl/α,β-unsaturated/α-hetero) is 1. The summed E-state index contributed by atoms with van der Waals surface area (Å²) in [6.45, 7) is 4.07. The number of benzene rings is 1. The fraction of sp³-hybridized carbons (Fsp3) is 0.611. The number of carbonyl (C=O) groups excluding carboxylic acids is 1. The monoisotopic (exact) mass is 320 g/mol. The average Bonchev–Trinajstić information content (AvgIpc) is 2.41. The molecule has 2 aliphatic heterocycles. The van der Waals surface area contributed by atoms with Crippen LogP contribution in [-0.4, -0.2) is 24.7 Å². The number of hydrogen-bond acceptors (Lipinski definition) is 3. The highest BCUT2D eigenvalue weighted by molar-refractivity contribution is 7.92. The van der Waals surface area contributed by atoms with Crippen molar-refractivity contribution in [3.63, 3.8) is 0 Å². The lowest BCUT2D eigenvalue weighted by molar-refractivity contribution is -0.122. The van der Waals surface area contributed by atoms with Crippen LogP contribution in [0.2, 0.25) is 0 Å². The molecule has 22 heavy (non-hydrogen) atoms. The van der Waals surface area contributed by atoms with Crippen molar-refractivity contribution in [1.82, 2.24) is 0 Å². The Morgan fingerprint density at radius 3 is 2.18 bits per heavy atom. The molecule has 0 aliphatic carbocycles. The van der Waals surface area contributed by atoms with Gasteiger partial charge in [0.1, 0.15) is 5.78 Å². The molecule has 0 radical (unpaired) electrons. The van der Waals surface area contributed by atoms with Gasteiger partial charge in [0.2, 0.25) is 0 Å². The van der Waals surface area contributed by atoms with Gasteiger partial charge in [-0.2, -0.15) is 0 Å². The van der Waals surface area contributed by atoms with Crippen LogP contribution >= 0.6 is 0 Å². The summed E-state index contributed by atoms with van der Waals surface area (Å²) in [5.74, 6) is 0.155. The zero-order chi connectivity index (χ0) is 15.9. The summed E-state index contributed by atoms with van der Waals surface area (Å²) in [5, 5.41) is -0.543. The summed E-state index contributed by atoms with van der Waals surface area (Å²) >= 11 is 0. The van der Waals surface area contributed by atoms with E-state index in [1.807, 2.05) is 32.0 Å². The second-order valence-electron chi connectivity index (χ2n) is 6.95. The zero-order valence-corrected chi connectivity index (χ0v) is 14.2. The van der Waals surface area contributed by atoms with Crippen molar-refractivity contribution in [1.29, 1.82) is 0 Å². The normalized spacial score (nSPS) is 30.0. The average molecular weight is 320 g/mol. The minimum absolute atomic E-state index is 0.0715. The van der Waals surface area contributed by atoms with Crippen LogP contribution < -0.4 is 0 Å². The van der Waals surface area contributed by atoms with Crippen LogP contribution in [0.5, 0.6) is 0 Å². The molecule has 2 unspecified atom stereocenters. The molecule has 4 heteroatoms. The first-order valence-electron chi connectivity index (χ1n) is 8.20. The summed E-state index contributed by atoms with van der Waals surface area (Å²) in [7, 11) is -2.97. The third kappa shape index (κ3) is 2.73. The molecule has 2 atom stereocenters. The van der Waals surface area contributed by atoms with E-state index in [2.05, 4.69) is 0 Å². The molecule has 3 rings (SSSR count). The van der Waals surface area contributed by atoms with Crippen LogP contribution in [0.1, 0.15) is 48.8 Å². The second-order valence-corrected chi connectivity index (χ2v) is 9.46. The van der Waals surface area contributed by atoms with Crippen molar-refractivity contribution in [3.05, 3.63) is 34.9 Å². The van der Waals surface area contributed by atoms with Crippen molar-refractivity contribution in [2.24, 2.45) is 5.92 Å². The number of carbonyl (C=O) groups is 1. The highest BCUT2D eigenvalue weighted by Gasteiger charge is 2.45. The van der Waals surface area contributed by atoms with Crippen LogP contribution in [0.3, 0.4) is 0 Å². The van der Waals surface area contributed by atoms with Crippen molar-refractivity contribution in [3.8, 4) is 0 Å². The van der Waals surface area contributed by atoms with Gasteiger partial charge in [0.25, 0.3) is 0 Å². The lowest BCUT2D eigenvalue weighted by Crippen LogP contribution is -2.45. The van der Waals surface area contributed by atoms with Crippen LogP contribution in [0.25, 0.3) is 0 Å². The summed E-state index contributed by atoms with van der Waals surface area (Å²) in [5.41, 5.74) is 3.42. The van der Waals surface area contributed by atoms with Gasteiger partial charge in [-0.25, -0.2) is 8.42 Å². The van der Waals surface area contributed by atoms with E-state index < -0.39 is 9.84 Å². The molecule has 0 saturated carbocycles. The molecular formula is C18H24O3S. The van der Waals surface area contributed by atoms with Crippen molar-refractivity contribution >= 4 is 15.6 Å². The minimum atomic E-state index is -2.97. The summed E-state index contributed by atoms with van der Waals surface area (Å²) in [4.78, 5) is 12.7. The highest BCUT2D eigenvalue weighted by Crippen LogP contribution is 2.40. The zero-order valence-electron chi connectivity index (χ0n) is 13.3. The van der Waals surface area contributed by atoms with E-state index in [1.165, 1.54) is 0 Å². The maximum absolute atomic E-state index is 12.7. The Bertz CT molecular complexity index is 650. The number of rotatable bonds is 3. The van der Waals surface area contributed by atoms with Gasteiger partial charge in [-0.05, 0) is 56.2 Å². The van der Waals surface area contributed by atoms with Crippen molar-refractivity contribution in [2.45, 2.75) is 62.9 Å². The van der Waals surface area contributed by atoms with Crippen molar-refractivity contribution in [2.75, 3.05) is 0 Å². The Balaban J connectivity index is 1.77. The molecule has 0 spiro atoms. The van der Waals surface area contributed by atoms with E-state index in [9.17, 15) is 13.2 Å². The summed E-state index contributed by atoms with van der Waals surface area (Å²) in [6.07, 6.45) is 4.01. The Labute approximate surface area is 133 Å². The molecule has 1 aromatic rings. The smallest absolute Gasteiger partial charge is 0.156 e. The standard InChI is InChI=1S/C18H24O3S/c1-12-5-3-6-13(2)17(12)11-18(19)14-9-15-7-4-8-16(10-14)22(15,20)21/h3,5-6,14-16H,4,7-11H2,1-2H3. The van der Waals surface area contributed by atoms with Gasteiger partial charge in [-0.15, -0.1) is 0 Å². The lowest BCUT2D eigenvalue weighted by atomic mass is 9.83. The van der Waals surface area contributed by atoms with E-state index in [0.717, 1.165) is 36.0 Å². The number of ketones is 1. The maximum Gasteiger partial charge on any atom is 0.156 e. The topological polar surface area (TPSA) is 51.2 Å². The van der Waals surface area contributed by atoms with E-state index in [0.29, 0.717) is 19.3 Å². The van der Waals surface area contributed by atoms with Gasteiger partial charge >= 0.3 is 0 Å². The molecular weight excluding hydrogens is 296 g/mol. The van der Waals surface area contributed by atoms with Crippen LogP contribution in [0.15, 0.2) is 18.2 Å². The van der Waals surface area contributed by atoms with Gasteiger partial charge in [0.15, 0.2) is 9.84 Å². The molecule has 1 aromatic carbocycles. The molecule has 2 aliphatic rings. The van der Waals surface area contributed by atoms with Gasteiger partial charge < -0.3 is 0 Å². The number of hydrogen-bond donors (Lipinski definition) is 0.